The molecule has 1 heterocycles. The Balaban J connectivity index is 2.48. The van der Waals surface area contributed by atoms with Crippen LogP contribution in [-0.4, -0.2) is 36.4 Å². The Morgan fingerprint density at radius 3 is 2.62 bits per heavy atom. The smallest absolute Gasteiger partial charge is 0.311 e. The van der Waals surface area contributed by atoms with Gasteiger partial charge in [0, 0.05) is 13.2 Å². The third kappa shape index (κ3) is 3.76. The quantitative estimate of drug-likeness (QED) is 0.769. The Hall–Kier alpha value is -0.610. The average Bonchev–Trinajstić information content (AvgIpc) is 2.17. The monoisotopic (exact) mass is 229 g/mol. The molecule has 1 aliphatic rings. The van der Waals surface area contributed by atoms with Crippen molar-refractivity contribution in [2.24, 2.45) is 5.41 Å². The normalized spacial score (nSPS) is 26.7. The minimum Gasteiger partial charge on any atom is -0.481 e. The van der Waals surface area contributed by atoms with Crippen molar-refractivity contribution in [3.63, 3.8) is 0 Å². The van der Waals surface area contributed by atoms with Gasteiger partial charge in [-0.3, -0.25) is 4.79 Å². The second-order valence-electron chi connectivity index (χ2n) is 5.58. The minimum atomic E-state index is -0.697. The molecule has 0 radical (unpaired) electrons. The van der Waals surface area contributed by atoms with E-state index in [2.05, 4.69) is 5.32 Å². The van der Waals surface area contributed by atoms with E-state index in [9.17, 15) is 9.90 Å². The number of hydrogen-bond donors (Lipinski definition) is 2. The molecule has 94 valence electrons. The highest BCUT2D eigenvalue weighted by Crippen LogP contribution is 2.31. The van der Waals surface area contributed by atoms with Gasteiger partial charge in [0.05, 0.1) is 11.0 Å². The molecule has 1 unspecified atom stereocenters. The standard InChI is InChI=1S/C12H23NO3/c1-11(2,3)16-8-6-12(10(14)15)5-4-7-13-9-12/h13H,4-9H2,1-3H3,(H,14,15). The zero-order valence-electron chi connectivity index (χ0n) is 10.5. The molecule has 0 aromatic heterocycles. The number of rotatable bonds is 4. The maximum absolute atomic E-state index is 11.3. The molecule has 0 bridgehead atoms. The number of hydrogen-bond acceptors (Lipinski definition) is 3. The van der Waals surface area contributed by atoms with Crippen molar-refractivity contribution in [2.75, 3.05) is 19.7 Å². The third-order valence-electron chi connectivity index (χ3n) is 3.04. The van der Waals surface area contributed by atoms with Crippen LogP contribution in [0.2, 0.25) is 0 Å². The lowest BCUT2D eigenvalue weighted by Gasteiger charge is -2.34. The van der Waals surface area contributed by atoms with E-state index in [4.69, 9.17) is 4.74 Å². The average molecular weight is 229 g/mol. The number of nitrogens with one attached hydrogen (secondary N) is 1. The molecular formula is C12H23NO3. The van der Waals surface area contributed by atoms with Gasteiger partial charge >= 0.3 is 5.97 Å². The molecule has 0 aromatic carbocycles. The zero-order valence-corrected chi connectivity index (χ0v) is 10.5. The lowest BCUT2D eigenvalue weighted by atomic mass is 9.78. The molecule has 1 saturated heterocycles. The van der Waals surface area contributed by atoms with Gasteiger partial charge in [0.15, 0.2) is 0 Å². The Kier molecular flexibility index (Phi) is 4.33. The van der Waals surface area contributed by atoms with E-state index in [0.29, 0.717) is 19.6 Å². The van der Waals surface area contributed by atoms with E-state index >= 15 is 0 Å². The van der Waals surface area contributed by atoms with Crippen molar-refractivity contribution < 1.29 is 14.6 Å². The first-order valence-corrected chi connectivity index (χ1v) is 5.94. The molecule has 4 nitrogen and oxygen atoms in total. The van der Waals surface area contributed by atoms with Gasteiger partial charge in [-0.25, -0.2) is 0 Å². The Morgan fingerprint density at radius 1 is 1.50 bits per heavy atom. The van der Waals surface area contributed by atoms with Crippen LogP contribution in [0.25, 0.3) is 0 Å². The van der Waals surface area contributed by atoms with Gasteiger partial charge in [-0.15, -0.1) is 0 Å². The van der Waals surface area contributed by atoms with Gasteiger partial charge in [-0.05, 0) is 46.6 Å². The molecule has 1 fully saturated rings. The second-order valence-corrected chi connectivity index (χ2v) is 5.58. The van der Waals surface area contributed by atoms with E-state index in [0.717, 1.165) is 19.4 Å². The minimum absolute atomic E-state index is 0.193. The first-order valence-electron chi connectivity index (χ1n) is 5.94. The topological polar surface area (TPSA) is 58.6 Å². The lowest BCUT2D eigenvalue weighted by Crippen LogP contribution is -2.46. The molecule has 2 N–H and O–H groups in total. The first kappa shape index (κ1) is 13.5. The largest absolute Gasteiger partial charge is 0.481 e. The van der Waals surface area contributed by atoms with Crippen molar-refractivity contribution >= 4 is 5.97 Å². The van der Waals surface area contributed by atoms with Crippen LogP contribution in [0.5, 0.6) is 0 Å². The Labute approximate surface area is 97.4 Å². The number of carboxylic acid groups (broad SMARTS) is 1. The summed E-state index contributed by atoms with van der Waals surface area (Å²) in [5.74, 6) is -0.697. The first-order chi connectivity index (χ1) is 7.36. The summed E-state index contributed by atoms with van der Waals surface area (Å²) in [5.41, 5.74) is -0.814. The van der Waals surface area contributed by atoms with E-state index in [1.54, 1.807) is 0 Å². The van der Waals surface area contributed by atoms with Gasteiger partial charge in [-0.1, -0.05) is 0 Å². The second kappa shape index (κ2) is 5.15. The van der Waals surface area contributed by atoms with Crippen molar-refractivity contribution in [1.82, 2.24) is 5.32 Å². The van der Waals surface area contributed by atoms with Crippen molar-refractivity contribution in [1.29, 1.82) is 0 Å². The van der Waals surface area contributed by atoms with Crippen molar-refractivity contribution in [3.05, 3.63) is 0 Å². The van der Waals surface area contributed by atoms with Gasteiger partial charge in [0.25, 0.3) is 0 Å². The molecule has 4 heteroatoms. The zero-order chi connectivity index (χ0) is 12.2. The summed E-state index contributed by atoms with van der Waals surface area (Å²) in [6.45, 7) is 7.96. The molecule has 16 heavy (non-hydrogen) atoms. The molecule has 0 aliphatic carbocycles. The Bertz CT molecular complexity index is 239. The fraction of sp³-hybridized carbons (Fsp3) is 0.917. The highest BCUT2D eigenvalue weighted by molar-refractivity contribution is 5.75. The van der Waals surface area contributed by atoms with Crippen LogP contribution in [0.4, 0.5) is 0 Å². The van der Waals surface area contributed by atoms with Gasteiger partial charge in [-0.2, -0.15) is 0 Å². The number of piperidine rings is 1. The number of carboxylic acids is 1. The van der Waals surface area contributed by atoms with E-state index < -0.39 is 11.4 Å². The van der Waals surface area contributed by atoms with Crippen LogP contribution in [0.15, 0.2) is 0 Å². The SMILES string of the molecule is CC(C)(C)OCCC1(C(=O)O)CCCNC1. The van der Waals surface area contributed by atoms with Crippen molar-refractivity contribution in [3.8, 4) is 0 Å². The van der Waals surface area contributed by atoms with Crippen molar-refractivity contribution in [2.45, 2.75) is 45.6 Å². The van der Waals surface area contributed by atoms with Gasteiger partial charge in [0.1, 0.15) is 0 Å². The highest BCUT2D eigenvalue weighted by Gasteiger charge is 2.39. The molecule has 0 amide bonds. The highest BCUT2D eigenvalue weighted by atomic mass is 16.5. The third-order valence-corrected chi connectivity index (χ3v) is 3.04. The van der Waals surface area contributed by atoms with E-state index in [1.807, 2.05) is 20.8 Å². The molecule has 1 rings (SSSR count). The summed E-state index contributed by atoms with van der Waals surface area (Å²) in [5, 5.41) is 12.5. The van der Waals surface area contributed by atoms with Gasteiger partial charge in [0.2, 0.25) is 0 Å². The Morgan fingerprint density at radius 2 is 2.19 bits per heavy atom. The molecule has 0 aromatic rings. The van der Waals surface area contributed by atoms with Crippen LogP contribution in [-0.2, 0) is 9.53 Å². The molecular weight excluding hydrogens is 206 g/mol. The number of aliphatic carboxylic acids is 1. The van der Waals surface area contributed by atoms with Crippen LogP contribution in [0.1, 0.15) is 40.0 Å². The van der Waals surface area contributed by atoms with Crippen LogP contribution < -0.4 is 5.32 Å². The number of ether oxygens (including phenoxy) is 1. The lowest BCUT2D eigenvalue weighted by molar-refractivity contribution is -0.152. The molecule has 1 atom stereocenters. The summed E-state index contributed by atoms with van der Waals surface area (Å²) < 4.78 is 5.62. The summed E-state index contributed by atoms with van der Waals surface area (Å²) in [6, 6.07) is 0. The van der Waals surface area contributed by atoms with Crippen LogP contribution in [0, 0.1) is 5.41 Å². The summed E-state index contributed by atoms with van der Waals surface area (Å²) in [4.78, 5) is 11.3. The number of carbonyl (C=O) groups is 1. The maximum Gasteiger partial charge on any atom is 0.311 e. The van der Waals surface area contributed by atoms with E-state index in [1.165, 1.54) is 0 Å². The molecule has 0 saturated carbocycles. The fourth-order valence-corrected chi connectivity index (χ4v) is 2.02. The summed E-state index contributed by atoms with van der Waals surface area (Å²) in [7, 11) is 0. The molecule has 0 spiro atoms. The predicted molar refractivity (Wildman–Crippen MR) is 62.5 cm³/mol. The summed E-state index contributed by atoms with van der Waals surface area (Å²) in [6.07, 6.45) is 2.28. The summed E-state index contributed by atoms with van der Waals surface area (Å²) >= 11 is 0. The molecule has 1 aliphatic heterocycles. The predicted octanol–water partition coefficient (Wildman–Crippen LogP) is 1.65. The maximum atomic E-state index is 11.3. The van der Waals surface area contributed by atoms with Crippen LogP contribution >= 0.6 is 0 Å². The van der Waals surface area contributed by atoms with E-state index in [-0.39, 0.29) is 5.60 Å². The van der Waals surface area contributed by atoms with Crippen LogP contribution in [0.3, 0.4) is 0 Å². The fourth-order valence-electron chi connectivity index (χ4n) is 2.02. The van der Waals surface area contributed by atoms with Gasteiger partial charge < -0.3 is 15.2 Å².